The Morgan fingerprint density at radius 3 is 2.24 bits per heavy atom. The lowest BCUT2D eigenvalue weighted by atomic mass is 10.1. The van der Waals surface area contributed by atoms with Gasteiger partial charge in [-0.15, -0.1) is 13.2 Å². The number of halogens is 5. The second-order valence-electron chi connectivity index (χ2n) is 6.82. The third-order valence-electron chi connectivity index (χ3n) is 4.08. The Hall–Kier alpha value is -3.61. The van der Waals surface area contributed by atoms with Crippen LogP contribution in [0.3, 0.4) is 0 Å². The van der Waals surface area contributed by atoms with E-state index in [0.29, 0.717) is 6.07 Å². The lowest BCUT2D eigenvalue weighted by Gasteiger charge is -2.16. The van der Waals surface area contributed by atoms with Crippen molar-refractivity contribution in [3.8, 4) is 28.4 Å². The van der Waals surface area contributed by atoms with Crippen LogP contribution >= 0.6 is 0 Å². The molecule has 0 amide bonds. The molecule has 0 saturated heterocycles. The fourth-order valence-corrected chi connectivity index (χ4v) is 3.38. The lowest BCUT2D eigenvalue weighted by Crippen LogP contribution is -2.25. The number of pyridine rings is 1. The average molecular weight is 490 g/mol. The molecule has 13 heteroatoms. The predicted molar refractivity (Wildman–Crippen MR) is 109 cm³/mol. The van der Waals surface area contributed by atoms with Gasteiger partial charge in [0.25, 0.3) is 5.56 Å². The van der Waals surface area contributed by atoms with Crippen LogP contribution in [-0.2, 0) is 17.1 Å². The number of hydrogen-bond acceptors (Lipinski definition) is 5. The molecule has 0 aliphatic heterocycles. The number of alkyl halides is 3. The Balaban J connectivity index is 2.18. The summed E-state index contributed by atoms with van der Waals surface area (Å²) in [5.41, 5.74) is -1.15. The number of aryl methyl sites for hydroxylation is 1. The van der Waals surface area contributed by atoms with Crippen LogP contribution in [0, 0.1) is 11.6 Å². The van der Waals surface area contributed by atoms with Crippen molar-refractivity contribution in [1.29, 1.82) is 0 Å². The Labute approximate surface area is 184 Å². The Bertz CT molecular complexity index is 1370. The topological polar surface area (TPSA) is 86.6 Å². The zero-order valence-electron chi connectivity index (χ0n) is 16.9. The largest absolute Gasteiger partial charge is 0.573 e. The van der Waals surface area contributed by atoms with E-state index in [2.05, 4.69) is 9.46 Å². The van der Waals surface area contributed by atoms with Gasteiger partial charge in [0.15, 0.2) is 17.3 Å². The minimum atomic E-state index is -5.15. The number of nitrogens with one attached hydrogen (secondary N) is 1. The van der Waals surface area contributed by atoms with Gasteiger partial charge in [-0.2, -0.15) is 0 Å². The van der Waals surface area contributed by atoms with E-state index in [-0.39, 0.29) is 22.6 Å². The van der Waals surface area contributed by atoms with Crippen LogP contribution in [-0.4, -0.2) is 25.6 Å². The highest BCUT2D eigenvalue weighted by Crippen LogP contribution is 2.37. The van der Waals surface area contributed by atoms with Crippen LogP contribution in [0.15, 0.2) is 53.5 Å². The molecule has 0 spiro atoms. The predicted octanol–water partition coefficient (Wildman–Crippen LogP) is 4.39. The van der Waals surface area contributed by atoms with Gasteiger partial charge in [-0.3, -0.25) is 9.52 Å². The van der Waals surface area contributed by atoms with Crippen molar-refractivity contribution in [3.63, 3.8) is 0 Å². The van der Waals surface area contributed by atoms with Crippen LogP contribution in [0.4, 0.5) is 27.6 Å². The Morgan fingerprint density at radius 2 is 1.64 bits per heavy atom. The lowest BCUT2D eigenvalue weighted by molar-refractivity contribution is -0.275. The molecule has 0 saturated carbocycles. The second-order valence-corrected chi connectivity index (χ2v) is 8.57. The van der Waals surface area contributed by atoms with Crippen LogP contribution in [0.5, 0.6) is 17.2 Å². The maximum Gasteiger partial charge on any atom is 0.573 e. The highest BCUT2D eigenvalue weighted by Gasteiger charge is 2.33. The summed E-state index contributed by atoms with van der Waals surface area (Å²) in [7, 11) is -2.55. The number of aromatic nitrogens is 1. The summed E-state index contributed by atoms with van der Waals surface area (Å²) >= 11 is 0. The number of sulfonamides is 1. The zero-order valence-corrected chi connectivity index (χ0v) is 17.7. The summed E-state index contributed by atoms with van der Waals surface area (Å²) < 4.78 is 101. The SMILES string of the molecule is Cn1cc(-c2cc(NS(C)(=O)=O)ccc2Oc2ccc(F)cc2F)cc(OC(F)(F)F)c1=O. The molecule has 0 radical (unpaired) electrons. The molecule has 1 N–H and O–H groups in total. The summed E-state index contributed by atoms with van der Waals surface area (Å²) in [4.78, 5) is 12.1. The van der Waals surface area contributed by atoms with Gasteiger partial charge < -0.3 is 14.0 Å². The molecule has 1 aromatic heterocycles. The van der Waals surface area contributed by atoms with Crippen molar-refractivity contribution in [1.82, 2.24) is 4.57 Å². The fourth-order valence-electron chi connectivity index (χ4n) is 2.82. The van der Waals surface area contributed by atoms with Gasteiger partial charge in [0.05, 0.1) is 6.26 Å². The van der Waals surface area contributed by atoms with Gasteiger partial charge in [-0.05, 0) is 36.4 Å². The number of anilines is 1. The van der Waals surface area contributed by atoms with E-state index in [1.54, 1.807) is 0 Å². The maximum absolute atomic E-state index is 14.1. The van der Waals surface area contributed by atoms with E-state index in [1.165, 1.54) is 25.2 Å². The zero-order chi connectivity index (χ0) is 24.6. The first-order valence-corrected chi connectivity index (χ1v) is 10.8. The van der Waals surface area contributed by atoms with Gasteiger partial charge in [0.1, 0.15) is 11.6 Å². The van der Waals surface area contributed by atoms with E-state index >= 15 is 0 Å². The molecule has 3 aromatic rings. The van der Waals surface area contributed by atoms with Crippen molar-refractivity contribution in [2.45, 2.75) is 6.36 Å². The van der Waals surface area contributed by atoms with Crippen molar-refractivity contribution >= 4 is 15.7 Å². The smallest absolute Gasteiger partial charge is 0.454 e. The van der Waals surface area contributed by atoms with E-state index in [1.807, 2.05) is 0 Å². The molecule has 0 atom stereocenters. The summed E-state index contributed by atoms with van der Waals surface area (Å²) in [6, 6.07) is 6.96. The molecule has 0 aliphatic rings. The number of benzene rings is 2. The van der Waals surface area contributed by atoms with Crippen LogP contribution in [0.25, 0.3) is 11.1 Å². The fraction of sp³-hybridized carbons (Fsp3) is 0.150. The van der Waals surface area contributed by atoms with Crippen molar-refractivity contribution < 1.29 is 39.8 Å². The molecule has 7 nitrogen and oxygen atoms in total. The van der Waals surface area contributed by atoms with E-state index < -0.39 is 45.1 Å². The molecule has 0 fully saturated rings. The molecule has 1 heterocycles. The van der Waals surface area contributed by atoms with Gasteiger partial charge in [-0.1, -0.05) is 0 Å². The van der Waals surface area contributed by atoms with Gasteiger partial charge in [-0.25, -0.2) is 17.2 Å². The molecule has 3 rings (SSSR count). The molecule has 0 unspecified atom stereocenters. The minimum absolute atomic E-state index is 0.00608. The Morgan fingerprint density at radius 1 is 0.970 bits per heavy atom. The third-order valence-corrected chi connectivity index (χ3v) is 4.69. The number of rotatable bonds is 6. The van der Waals surface area contributed by atoms with Crippen molar-refractivity contribution in [2.24, 2.45) is 7.05 Å². The number of hydrogen-bond donors (Lipinski definition) is 1. The molecule has 2 aromatic carbocycles. The second kappa shape index (κ2) is 8.73. The summed E-state index contributed by atoms with van der Waals surface area (Å²) in [6.07, 6.45) is -3.12. The molecule has 0 bridgehead atoms. The first kappa shape index (κ1) is 24.0. The van der Waals surface area contributed by atoms with E-state index in [9.17, 15) is 35.2 Å². The molecule has 0 aliphatic carbocycles. The Kier molecular flexibility index (Phi) is 6.36. The molecular formula is C20H15F5N2O5S. The molecular weight excluding hydrogens is 475 g/mol. The first-order chi connectivity index (χ1) is 15.2. The summed E-state index contributed by atoms with van der Waals surface area (Å²) in [5, 5.41) is 0. The van der Waals surface area contributed by atoms with E-state index in [0.717, 1.165) is 35.2 Å². The quantitative estimate of drug-likeness (QED) is 0.518. The van der Waals surface area contributed by atoms with Crippen molar-refractivity contribution in [3.05, 3.63) is 70.6 Å². The number of ether oxygens (including phenoxy) is 2. The minimum Gasteiger partial charge on any atom is -0.454 e. The molecule has 33 heavy (non-hydrogen) atoms. The van der Waals surface area contributed by atoms with Crippen LogP contribution in [0.1, 0.15) is 0 Å². The van der Waals surface area contributed by atoms with E-state index in [4.69, 9.17) is 4.74 Å². The van der Waals surface area contributed by atoms with Gasteiger partial charge in [0, 0.05) is 36.1 Å². The number of nitrogens with zero attached hydrogens (tertiary/aromatic N) is 1. The van der Waals surface area contributed by atoms with Gasteiger partial charge in [0.2, 0.25) is 10.0 Å². The standard InChI is InChI=1S/C20H15F5N2O5S/c1-27-10-11(7-18(19(27)28)32-20(23,24)25)14-9-13(26-33(2,29)30)4-6-16(14)31-17-5-3-12(21)8-15(17)22/h3-10,26H,1-2H3. The maximum atomic E-state index is 14.1. The normalized spacial score (nSPS) is 11.8. The van der Waals surface area contributed by atoms with Crippen molar-refractivity contribution in [2.75, 3.05) is 11.0 Å². The van der Waals surface area contributed by atoms with Gasteiger partial charge >= 0.3 is 6.36 Å². The highest BCUT2D eigenvalue weighted by molar-refractivity contribution is 7.92. The summed E-state index contributed by atoms with van der Waals surface area (Å²) in [5.74, 6) is -3.50. The third kappa shape index (κ3) is 6.22. The first-order valence-electron chi connectivity index (χ1n) is 8.93. The summed E-state index contributed by atoms with van der Waals surface area (Å²) in [6.45, 7) is 0. The monoisotopic (exact) mass is 490 g/mol. The van der Waals surface area contributed by atoms with Crippen LogP contribution in [0.2, 0.25) is 0 Å². The molecule has 176 valence electrons. The average Bonchev–Trinajstić information content (AvgIpc) is 2.66. The van der Waals surface area contributed by atoms with Crippen LogP contribution < -0.4 is 19.8 Å². The highest BCUT2D eigenvalue weighted by atomic mass is 32.2.